The molecule has 0 atom stereocenters. The van der Waals surface area contributed by atoms with Crippen LogP contribution in [0.25, 0.3) is 0 Å². The van der Waals surface area contributed by atoms with Crippen LogP contribution in [0.1, 0.15) is 29.3 Å². The lowest BCUT2D eigenvalue weighted by atomic mass is 10.1. The van der Waals surface area contributed by atoms with Gasteiger partial charge in [-0.3, -0.25) is 4.99 Å². The number of rotatable bonds is 8. The summed E-state index contributed by atoms with van der Waals surface area (Å²) in [5.74, 6) is 0.808. The minimum absolute atomic E-state index is 0.660. The van der Waals surface area contributed by atoms with E-state index in [1.807, 2.05) is 0 Å². The maximum atomic E-state index is 5.67. The van der Waals surface area contributed by atoms with Crippen LogP contribution in [0.15, 0.2) is 46.8 Å². The van der Waals surface area contributed by atoms with Crippen molar-refractivity contribution in [3.8, 4) is 0 Å². The van der Waals surface area contributed by atoms with E-state index in [0.29, 0.717) is 6.61 Å². The normalized spacial score (nSPS) is 11.5. The van der Waals surface area contributed by atoms with Crippen LogP contribution in [0, 0.1) is 0 Å². The molecule has 0 aliphatic carbocycles. The lowest BCUT2D eigenvalue weighted by Crippen LogP contribution is -2.36. The number of nitrogens with zero attached hydrogens (tertiary/aromatic N) is 1. The van der Waals surface area contributed by atoms with Gasteiger partial charge in [0.25, 0.3) is 0 Å². The molecule has 0 fully saturated rings. The van der Waals surface area contributed by atoms with Gasteiger partial charge in [-0.2, -0.15) is 0 Å². The van der Waals surface area contributed by atoms with Gasteiger partial charge in [0.1, 0.15) is 0 Å². The van der Waals surface area contributed by atoms with E-state index >= 15 is 0 Å². The Bertz CT molecular complexity index is 596. The SMILES string of the molecule is CCCOCc1ccccc1CNC(=NC)NCc1cccs1. The third kappa shape index (κ3) is 6.04. The quantitative estimate of drug-likeness (QED) is 0.442. The molecule has 0 saturated heterocycles. The van der Waals surface area contributed by atoms with Gasteiger partial charge >= 0.3 is 0 Å². The number of hydrogen-bond donors (Lipinski definition) is 2. The van der Waals surface area contributed by atoms with E-state index in [-0.39, 0.29) is 0 Å². The molecule has 0 aliphatic rings. The summed E-state index contributed by atoms with van der Waals surface area (Å²) in [6.45, 7) is 5.10. The molecule has 0 radical (unpaired) electrons. The van der Waals surface area contributed by atoms with Crippen LogP contribution in [0.3, 0.4) is 0 Å². The van der Waals surface area contributed by atoms with Crippen LogP contribution < -0.4 is 10.6 Å². The molecule has 0 amide bonds. The van der Waals surface area contributed by atoms with Gasteiger partial charge < -0.3 is 15.4 Å². The van der Waals surface area contributed by atoms with Crippen LogP contribution in [-0.4, -0.2) is 19.6 Å². The lowest BCUT2D eigenvalue weighted by molar-refractivity contribution is 0.121. The Balaban J connectivity index is 1.85. The highest BCUT2D eigenvalue weighted by Crippen LogP contribution is 2.10. The van der Waals surface area contributed by atoms with E-state index in [0.717, 1.165) is 32.1 Å². The molecule has 0 unspecified atom stereocenters. The summed E-state index contributed by atoms with van der Waals surface area (Å²) in [5.41, 5.74) is 2.46. The minimum Gasteiger partial charge on any atom is -0.377 e. The smallest absolute Gasteiger partial charge is 0.191 e. The molecule has 124 valence electrons. The molecule has 1 aromatic carbocycles. The second-order valence-corrected chi connectivity index (χ2v) is 6.21. The van der Waals surface area contributed by atoms with E-state index in [1.165, 1.54) is 16.0 Å². The molecule has 23 heavy (non-hydrogen) atoms. The molecule has 2 aromatic rings. The number of benzene rings is 1. The van der Waals surface area contributed by atoms with Gasteiger partial charge in [0.05, 0.1) is 13.2 Å². The average molecular weight is 331 g/mol. The molecule has 4 nitrogen and oxygen atoms in total. The summed E-state index contributed by atoms with van der Waals surface area (Å²) in [7, 11) is 1.79. The minimum atomic E-state index is 0.660. The maximum absolute atomic E-state index is 5.67. The molecular weight excluding hydrogens is 306 g/mol. The molecule has 5 heteroatoms. The Kier molecular flexibility index (Phi) is 7.63. The zero-order valence-electron chi connectivity index (χ0n) is 13.8. The van der Waals surface area contributed by atoms with Crippen LogP contribution in [0.4, 0.5) is 0 Å². The van der Waals surface area contributed by atoms with E-state index < -0.39 is 0 Å². The molecule has 2 N–H and O–H groups in total. The first-order chi connectivity index (χ1) is 11.3. The van der Waals surface area contributed by atoms with Crippen LogP contribution in [-0.2, 0) is 24.4 Å². The summed E-state index contributed by atoms with van der Waals surface area (Å²) in [6.07, 6.45) is 1.04. The van der Waals surface area contributed by atoms with Crippen molar-refractivity contribution in [3.63, 3.8) is 0 Å². The van der Waals surface area contributed by atoms with Crippen LogP contribution in [0.5, 0.6) is 0 Å². The second kappa shape index (κ2) is 10.0. The molecule has 0 bridgehead atoms. The first-order valence-electron chi connectivity index (χ1n) is 7.95. The fourth-order valence-corrected chi connectivity index (χ4v) is 2.83. The van der Waals surface area contributed by atoms with E-state index in [1.54, 1.807) is 18.4 Å². The number of ether oxygens (including phenoxy) is 1. The highest BCUT2D eigenvalue weighted by molar-refractivity contribution is 7.09. The number of nitrogens with one attached hydrogen (secondary N) is 2. The van der Waals surface area contributed by atoms with Crippen molar-refractivity contribution in [1.29, 1.82) is 0 Å². The van der Waals surface area contributed by atoms with Crippen molar-refractivity contribution in [2.24, 2.45) is 4.99 Å². The predicted molar refractivity (Wildman–Crippen MR) is 97.7 cm³/mol. The van der Waals surface area contributed by atoms with Crippen molar-refractivity contribution in [1.82, 2.24) is 10.6 Å². The zero-order valence-corrected chi connectivity index (χ0v) is 14.7. The average Bonchev–Trinajstić information content (AvgIpc) is 3.10. The van der Waals surface area contributed by atoms with Gasteiger partial charge in [-0.1, -0.05) is 37.3 Å². The third-order valence-corrected chi connectivity index (χ3v) is 4.28. The number of hydrogen-bond acceptors (Lipinski definition) is 3. The molecule has 0 aliphatic heterocycles. The standard InChI is InChI=1S/C18H25N3OS/c1-3-10-22-14-16-8-5-4-7-15(16)12-20-18(19-2)21-13-17-9-6-11-23-17/h4-9,11H,3,10,12-14H2,1-2H3,(H2,19,20,21). The lowest BCUT2D eigenvalue weighted by Gasteiger charge is -2.14. The maximum Gasteiger partial charge on any atom is 0.191 e. The Morgan fingerprint density at radius 2 is 1.87 bits per heavy atom. The highest BCUT2D eigenvalue weighted by Gasteiger charge is 2.04. The Morgan fingerprint density at radius 1 is 1.09 bits per heavy atom. The highest BCUT2D eigenvalue weighted by atomic mass is 32.1. The van der Waals surface area contributed by atoms with Gasteiger partial charge in [-0.15, -0.1) is 11.3 Å². The van der Waals surface area contributed by atoms with Crippen molar-refractivity contribution in [2.75, 3.05) is 13.7 Å². The molecule has 0 spiro atoms. The molecule has 1 heterocycles. The summed E-state index contributed by atoms with van der Waals surface area (Å²) in [4.78, 5) is 5.57. The van der Waals surface area contributed by atoms with Crippen molar-refractivity contribution < 1.29 is 4.74 Å². The molecule has 0 saturated carbocycles. The Hall–Kier alpha value is -1.85. The van der Waals surface area contributed by atoms with Crippen LogP contribution >= 0.6 is 11.3 Å². The van der Waals surface area contributed by atoms with Gasteiger partial charge in [0, 0.05) is 25.1 Å². The third-order valence-electron chi connectivity index (χ3n) is 3.40. The van der Waals surface area contributed by atoms with Crippen LogP contribution in [0.2, 0.25) is 0 Å². The summed E-state index contributed by atoms with van der Waals surface area (Å²) < 4.78 is 5.67. The first-order valence-corrected chi connectivity index (χ1v) is 8.83. The summed E-state index contributed by atoms with van der Waals surface area (Å²) >= 11 is 1.74. The second-order valence-electron chi connectivity index (χ2n) is 5.18. The fourth-order valence-electron chi connectivity index (χ4n) is 2.18. The number of thiophene rings is 1. The number of guanidine groups is 1. The molecular formula is C18H25N3OS. The number of aliphatic imine (C=N–C) groups is 1. The van der Waals surface area contributed by atoms with Crippen molar-refractivity contribution in [3.05, 3.63) is 57.8 Å². The first kappa shape index (κ1) is 17.5. The molecule has 1 aromatic heterocycles. The Morgan fingerprint density at radius 3 is 2.57 bits per heavy atom. The molecule has 2 rings (SSSR count). The van der Waals surface area contributed by atoms with Crippen molar-refractivity contribution in [2.45, 2.75) is 33.0 Å². The zero-order chi connectivity index (χ0) is 16.3. The Labute approximate surface area is 142 Å². The summed E-state index contributed by atoms with van der Waals surface area (Å²) in [5, 5.41) is 8.78. The fraction of sp³-hybridized carbons (Fsp3) is 0.389. The van der Waals surface area contributed by atoms with Gasteiger partial charge in [-0.25, -0.2) is 0 Å². The van der Waals surface area contributed by atoms with E-state index in [4.69, 9.17) is 4.74 Å². The van der Waals surface area contributed by atoms with E-state index in [2.05, 4.69) is 64.3 Å². The predicted octanol–water partition coefficient (Wildman–Crippen LogP) is 3.54. The topological polar surface area (TPSA) is 45.6 Å². The van der Waals surface area contributed by atoms with E-state index in [9.17, 15) is 0 Å². The largest absolute Gasteiger partial charge is 0.377 e. The van der Waals surface area contributed by atoms with Crippen molar-refractivity contribution >= 4 is 17.3 Å². The monoisotopic (exact) mass is 331 g/mol. The van der Waals surface area contributed by atoms with Gasteiger partial charge in [0.2, 0.25) is 0 Å². The summed E-state index contributed by atoms with van der Waals surface area (Å²) in [6, 6.07) is 12.5. The van der Waals surface area contributed by atoms with Gasteiger partial charge in [0.15, 0.2) is 5.96 Å². The van der Waals surface area contributed by atoms with Gasteiger partial charge in [-0.05, 0) is 29.0 Å².